The molecule has 152 valence electrons. The largest absolute Gasteiger partial charge is 0.378 e. The molecule has 1 fully saturated rings. The van der Waals surface area contributed by atoms with E-state index in [4.69, 9.17) is 9.84 Å². The molecule has 7 heteroatoms. The van der Waals surface area contributed by atoms with Gasteiger partial charge in [-0.05, 0) is 10.8 Å². The standard InChI is InChI=1S/C23H23N5O2/c1-26-16-24-13-18(26)14-28-15-21(23(29)27-9-11-30-12-10-27)22(25-28)20-8-4-6-17-5-2-3-7-19(17)20/h2-8,13,15-16H,9-12,14H2,1H3. The molecule has 30 heavy (non-hydrogen) atoms. The number of rotatable bonds is 4. The number of aryl methyl sites for hydroxylation is 1. The van der Waals surface area contributed by atoms with E-state index in [0.29, 0.717) is 44.1 Å². The summed E-state index contributed by atoms with van der Waals surface area (Å²) in [6.07, 6.45) is 5.45. The van der Waals surface area contributed by atoms with E-state index in [1.165, 1.54) is 0 Å². The van der Waals surface area contributed by atoms with Gasteiger partial charge < -0.3 is 14.2 Å². The molecule has 0 unspecified atom stereocenters. The number of benzene rings is 2. The Bertz CT molecular complexity index is 1200. The number of fused-ring (bicyclic) bond motifs is 1. The summed E-state index contributed by atoms with van der Waals surface area (Å²) >= 11 is 0. The number of carbonyl (C=O) groups is 1. The maximum absolute atomic E-state index is 13.4. The van der Waals surface area contributed by atoms with Gasteiger partial charge in [-0.1, -0.05) is 42.5 Å². The van der Waals surface area contributed by atoms with Crippen molar-refractivity contribution < 1.29 is 9.53 Å². The molecule has 4 aromatic rings. The highest BCUT2D eigenvalue weighted by Gasteiger charge is 2.25. The molecule has 1 amide bonds. The number of ether oxygens (including phenoxy) is 1. The van der Waals surface area contributed by atoms with E-state index in [0.717, 1.165) is 22.0 Å². The molecule has 0 bridgehead atoms. The lowest BCUT2D eigenvalue weighted by molar-refractivity contribution is 0.0303. The van der Waals surface area contributed by atoms with Crippen LogP contribution in [0.3, 0.4) is 0 Å². The van der Waals surface area contributed by atoms with Gasteiger partial charge in [0, 0.05) is 31.9 Å². The summed E-state index contributed by atoms with van der Waals surface area (Å²) < 4.78 is 9.22. The Morgan fingerprint density at radius 1 is 1.10 bits per heavy atom. The van der Waals surface area contributed by atoms with Crippen LogP contribution in [0.15, 0.2) is 61.2 Å². The number of aromatic nitrogens is 4. The van der Waals surface area contributed by atoms with Gasteiger partial charge in [0.05, 0.1) is 43.5 Å². The molecule has 1 saturated heterocycles. The third-order valence-electron chi connectivity index (χ3n) is 5.58. The summed E-state index contributed by atoms with van der Waals surface area (Å²) in [7, 11) is 1.96. The van der Waals surface area contributed by atoms with E-state index in [2.05, 4.69) is 23.2 Å². The average Bonchev–Trinajstić information content (AvgIpc) is 3.40. The van der Waals surface area contributed by atoms with Crippen molar-refractivity contribution in [3.8, 4) is 11.3 Å². The lowest BCUT2D eigenvalue weighted by Crippen LogP contribution is -2.40. The van der Waals surface area contributed by atoms with E-state index in [1.54, 1.807) is 6.33 Å². The summed E-state index contributed by atoms with van der Waals surface area (Å²) in [5, 5.41) is 7.07. The lowest BCUT2D eigenvalue weighted by Gasteiger charge is -2.26. The van der Waals surface area contributed by atoms with Crippen LogP contribution in [0.1, 0.15) is 16.1 Å². The van der Waals surface area contributed by atoms with Gasteiger partial charge in [-0.15, -0.1) is 0 Å². The molecule has 0 spiro atoms. The Balaban J connectivity index is 1.62. The number of morpholine rings is 1. The van der Waals surface area contributed by atoms with Crippen LogP contribution in [0.25, 0.3) is 22.0 Å². The first-order valence-electron chi connectivity index (χ1n) is 10.1. The molecule has 1 aliphatic rings. The third-order valence-corrected chi connectivity index (χ3v) is 5.58. The summed E-state index contributed by atoms with van der Waals surface area (Å²) in [4.78, 5) is 19.5. The van der Waals surface area contributed by atoms with Crippen molar-refractivity contribution in [2.24, 2.45) is 7.05 Å². The number of amides is 1. The zero-order valence-corrected chi connectivity index (χ0v) is 16.9. The smallest absolute Gasteiger partial charge is 0.257 e. The van der Waals surface area contributed by atoms with Crippen LogP contribution < -0.4 is 0 Å². The lowest BCUT2D eigenvalue weighted by atomic mass is 9.99. The first-order valence-corrected chi connectivity index (χ1v) is 10.1. The Morgan fingerprint density at radius 3 is 2.70 bits per heavy atom. The second kappa shape index (κ2) is 7.76. The van der Waals surface area contributed by atoms with Gasteiger partial charge in [0.1, 0.15) is 5.69 Å². The van der Waals surface area contributed by atoms with Gasteiger partial charge in [0.25, 0.3) is 5.91 Å². The van der Waals surface area contributed by atoms with E-state index in [-0.39, 0.29) is 5.91 Å². The van der Waals surface area contributed by atoms with Gasteiger partial charge in [-0.3, -0.25) is 9.48 Å². The minimum atomic E-state index is -0.00232. The minimum absolute atomic E-state index is 0.00232. The van der Waals surface area contributed by atoms with E-state index in [9.17, 15) is 4.79 Å². The van der Waals surface area contributed by atoms with E-state index < -0.39 is 0 Å². The van der Waals surface area contributed by atoms with Crippen molar-refractivity contribution in [1.29, 1.82) is 0 Å². The number of carbonyl (C=O) groups excluding carboxylic acids is 1. The molecule has 5 rings (SSSR count). The van der Waals surface area contributed by atoms with Crippen molar-refractivity contribution in [1.82, 2.24) is 24.2 Å². The normalized spacial score (nSPS) is 14.4. The maximum Gasteiger partial charge on any atom is 0.257 e. The van der Waals surface area contributed by atoms with Crippen molar-refractivity contribution in [2.45, 2.75) is 6.54 Å². The van der Waals surface area contributed by atoms with Crippen LogP contribution in [0.4, 0.5) is 0 Å². The van der Waals surface area contributed by atoms with Gasteiger partial charge in [-0.2, -0.15) is 5.10 Å². The monoisotopic (exact) mass is 401 g/mol. The minimum Gasteiger partial charge on any atom is -0.378 e. The highest BCUT2D eigenvalue weighted by Crippen LogP contribution is 2.31. The molecule has 3 heterocycles. The molecule has 0 radical (unpaired) electrons. The van der Waals surface area contributed by atoms with E-state index in [1.807, 2.05) is 57.9 Å². The molecule has 2 aromatic carbocycles. The molecule has 0 atom stereocenters. The Kier molecular flexibility index (Phi) is 4.80. The molecule has 0 N–H and O–H groups in total. The van der Waals surface area contributed by atoms with Crippen molar-refractivity contribution >= 4 is 16.7 Å². The SMILES string of the molecule is Cn1cncc1Cn1cc(C(=O)N2CCOCC2)c(-c2cccc3ccccc23)n1. The van der Waals surface area contributed by atoms with Gasteiger partial charge in [0.15, 0.2) is 0 Å². The van der Waals surface area contributed by atoms with Crippen molar-refractivity contribution in [2.75, 3.05) is 26.3 Å². The highest BCUT2D eigenvalue weighted by atomic mass is 16.5. The van der Waals surface area contributed by atoms with Crippen molar-refractivity contribution in [3.05, 3.63) is 72.4 Å². The summed E-state index contributed by atoms with van der Waals surface area (Å²) in [6, 6.07) is 14.3. The quantitative estimate of drug-likeness (QED) is 0.527. The van der Waals surface area contributed by atoms with Gasteiger partial charge >= 0.3 is 0 Å². The highest BCUT2D eigenvalue weighted by molar-refractivity contribution is 6.04. The predicted octanol–water partition coefficient (Wildman–Crippen LogP) is 2.96. The fourth-order valence-corrected chi connectivity index (χ4v) is 3.93. The Labute approximate surface area is 174 Å². The topological polar surface area (TPSA) is 65.2 Å². The summed E-state index contributed by atoms with van der Waals surface area (Å²) in [5.74, 6) is -0.00232. The van der Waals surface area contributed by atoms with Crippen LogP contribution in [0, 0.1) is 0 Å². The predicted molar refractivity (Wildman–Crippen MR) is 114 cm³/mol. The fourth-order valence-electron chi connectivity index (χ4n) is 3.93. The summed E-state index contributed by atoms with van der Waals surface area (Å²) in [5.41, 5.74) is 3.32. The fraction of sp³-hybridized carbons (Fsp3) is 0.261. The van der Waals surface area contributed by atoms with Crippen LogP contribution >= 0.6 is 0 Å². The molecule has 0 saturated carbocycles. The maximum atomic E-state index is 13.4. The molecular weight excluding hydrogens is 378 g/mol. The van der Waals surface area contributed by atoms with Gasteiger partial charge in [-0.25, -0.2) is 4.98 Å². The Hall–Kier alpha value is -3.45. The zero-order chi connectivity index (χ0) is 20.5. The number of hydrogen-bond acceptors (Lipinski definition) is 4. The van der Waals surface area contributed by atoms with Crippen LogP contribution in [0.5, 0.6) is 0 Å². The molecule has 1 aliphatic heterocycles. The summed E-state index contributed by atoms with van der Waals surface area (Å²) in [6.45, 7) is 2.88. The third kappa shape index (κ3) is 3.37. The molecule has 7 nitrogen and oxygen atoms in total. The first-order chi connectivity index (χ1) is 14.7. The van der Waals surface area contributed by atoms with E-state index >= 15 is 0 Å². The number of hydrogen-bond donors (Lipinski definition) is 0. The zero-order valence-electron chi connectivity index (χ0n) is 16.9. The van der Waals surface area contributed by atoms with Crippen molar-refractivity contribution in [3.63, 3.8) is 0 Å². The van der Waals surface area contributed by atoms with Crippen LogP contribution in [-0.4, -0.2) is 56.4 Å². The number of nitrogens with zero attached hydrogens (tertiary/aromatic N) is 5. The first kappa shape index (κ1) is 18.6. The second-order valence-corrected chi connectivity index (χ2v) is 7.52. The number of imidazole rings is 1. The van der Waals surface area contributed by atoms with Crippen LogP contribution in [0.2, 0.25) is 0 Å². The molecule has 2 aromatic heterocycles. The van der Waals surface area contributed by atoms with Gasteiger partial charge in [0.2, 0.25) is 0 Å². The molecule has 0 aliphatic carbocycles. The Morgan fingerprint density at radius 2 is 1.90 bits per heavy atom. The second-order valence-electron chi connectivity index (χ2n) is 7.52. The average molecular weight is 401 g/mol. The molecular formula is C23H23N5O2. The van der Waals surface area contributed by atoms with Crippen LogP contribution in [-0.2, 0) is 18.3 Å².